The number of methoxy groups -OCH3 is 1. The van der Waals surface area contributed by atoms with Gasteiger partial charge in [-0.2, -0.15) is 0 Å². The number of carbonyl (C=O) groups is 1. The first-order chi connectivity index (χ1) is 13.6. The molecule has 0 fully saturated rings. The quantitative estimate of drug-likeness (QED) is 0.534. The van der Waals surface area contributed by atoms with Gasteiger partial charge in [-0.1, -0.05) is 41.9 Å². The van der Waals surface area contributed by atoms with Crippen LogP contribution in [0, 0.1) is 0 Å². The van der Waals surface area contributed by atoms with E-state index in [1.54, 1.807) is 31.4 Å². The lowest BCUT2D eigenvalue weighted by Crippen LogP contribution is -1.98. The van der Waals surface area contributed by atoms with Gasteiger partial charge >= 0.3 is 0 Å². The second-order valence-corrected chi connectivity index (χ2v) is 6.69. The predicted octanol–water partition coefficient (Wildman–Crippen LogP) is 5.54. The molecule has 3 aromatic rings. The van der Waals surface area contributed by atoms with Gasteiger partial charge in [0.1, 0.15) is 23.9 Å². The maximum Gasteiger partial charge on any atom is 0.231 e. The first kappa shape index (κ1) is 18.1. The summed E-state index contributed by atoms with van der Waals surface area (Å²) in [6.07, 6.45) is 1.69. The van der Waals surface area contributed by atoms with E-state index in [-0.39, 0.29) is 11.5 Å². The molecule has 140 valence electrons. The van der Waals surface area contributed by atoms with Gasteiger partial charge in [-0.3, -0.25) is 4.79 Å². The van der Waals surface area contributed by atoms with E-state index >= 15 is 0 Å². The molecule has 0 aliphatic carbocycles. The Hall–Kier alpha value is -3.24. The summed E-state index contributed by atoms with van der Waals surface area (Å²) in [4.78, 5) is 12.6. The smallest absolute Gasteiger partial charge is 0.231 e. The highest BCUT2D eigenvalue weighted by molar-refractivity contribution is 6.30. The minimum Gasteiger partial charge on any atom is -0.496 e. The lowest BCUT2D eigenvalue weighted by atomic mass is 10.1. The maximum absolute atomic E-state index is 12.6. The highest BCUT2D eigenvalue weighted by Gasteiger charge is 2.28. The van der Waals surface area contributed by atoms with Crippen molar-refractivity contribution in [1.29, 1.82) is 0 Å². The molecule has 0 amide bonds. The zero-order valence-electron chi connectivity index (χ0n) is 15.1. The number of para-hydroxylation sites is 1. The van der Waals surface area contributed by atoms with E-state index in [0.29, 0.717) is 34.4 Å². The summed E-state index contributed by atoms with van der Waals surface area (Å²) < 4.78 is 16.9. The summed E-state index contributed by atoms with van der Waals surface area (Å²) in [6.45, 7) is 0.372. The van der Waals surface area contributed by atoms with Crippen LogP contribution in [0.4, 0.5) is 0 Å². The number of halogens is 1. The van der Waals surface area contributed by atoms with E-state index in [2.05, 4.69) is 0 Å². The Bertz CT molecular complexity index is 1070. The van der Waals surface area contributed by atoms with Gasteiger partial charge in [-0.05, 0) is 42.0 Å². The summed E-state index contributed by atoms with van der Waals surface area (Å²) in [5.41, 5.74) is 2.25. The summed E-state index contributed by atoms with van der Waals surface area (Å²) in [7, 11) is 1.59. The van der Waals surface area contributed by atoms with Gasteiger partial charge in [0.15, 0.2) is 5.76 Å². The van der Waals surface area contributed by atoms with Crippen LogP contribution in [0.3, 0.4) is 0 Å². The highest BCUT2D eigenvalue weighted by Crippen LogP contribution is 2.36. The van der Waals surface area contributed by atoms with Crippen LogP contribution in [0.15, 0.2) is 72.5 Å². The summed E-state index contributed by atoms with van der Waals surface area (Å²) in [6, 6.07) is 20.1. The zero-order chi connectivity index (χ0) is 19.5. The number of allylic oxidation sites excluding steroid dienone is 1. The molecule has 28 heavy (non-hydrogen) atoms. The van der Waals surface area contributed by atoms with Gasteiger partial charge in [0.25, 0.3) is 0 Å². The van der Waals surface area contributed by atoms with Crippen molar-refractivity contribution in [3.8, 4) is 17.2 Å². The minimum absolute atomic E-state index is 0.165. The minimum atomic E-state index is -0.165. The molecule has 0 N–H and O–H groups in total. The number of carbonyl (C=O) groups excluding carboxylic acids is 1. The zero-order valence-corrected chi connectivity index (χ0v) is 15.9. The van der Waals surface area contributed by atoms with E-state index in [4.69, 9.17) is 25.8 Å². The number of benzene rings is 3. The number of rotatable bonds is 5. The Morgan fingerprint density at radius 2 is 1.89 bits per heavy atom. The molecule has 4 nitrogen and oxygen atoms in total. The fourth-order valence-corrected chi connectivity index (χ4v) is 3.19. The van der Waals surface area contributed by atoms with Crippen LogP contribution in [0.25, 0.3) is 6.08 Å². The molecular weight excluding hydrogens is 376 g/mol. The van der Waals surface area contributed by atoms with Crippen LogP contribution in [0.1, 0.15) is 21.5 Å². The average molecular weight is 393 g/mol. The lowest BCUT2D eigenvalue weighted by molar-refractivity contribution is 0.101. The van der Waals surface area contributed by atoms with Gasteiger partial charge in [0, 0.05) is 16.7 Å². The molecule has 1 heterocycles. The number of ketones is 1. The van der Waals surface area contributed by atoms with Crippen molar-refractivity contribution >= 4 is 23.5 Å². The van der Waals surface area contributed by atoms with Crippen molar-refractivity contribution < 1.29 is 19.0 Å². The third kappa shape index (κ3) is 3.73. The number of hydrogen-bond donors (Lipinski definition) is 0. The summed E-state index contributed by atoms with van der Waals surface area (Å²) in [5.74, 6) is 1.86. The van der Waals surface area contributed by atoms with Crippen molar-refractivity contribution in [2.75, 3.05) is 7.11 Å². The monoisotopic (exact) mass is 392 g/mol. The van der Waals surface area contributed by atoms with Gasteiger partial charge in [-0.25, -0.2) is 0 Å². The van der Waals surface area contributed by atoms with Crippen molar-refractivity contribution in [3.63, 3.8) is 0 Å². The van der Waals surface area contributed by atoms with Crippen LogP contribution in [0.2, 0.25) is 5.02 Å². The summed E-state index contributed by atoms with van der Waals surface area (Å²) in [5, 5.41) is 0.662. The fraction of sp³-hybridized carbons (Fsp3) is 0.0870. The van der Waals surface area contributed by atoms with E-state index in [0.717, 1.165) is 11.1 Å². The van der Waals surface area contributed by atoms with E-state index < -0.39 is 0 Å². The Morgan fingerprint density at radius 3 is 2.71 bits per heavy atom. The number of hydrogen-bond acceptors (Lipinski definition) is 4. The van der Waals surface area contributed by atoms with Gasteiger partial charge in [-0.15, -0.1) is 0 Å². The fourth-order valence-electron chi connectivity index (χ4n) is 2.98. The molecule has 0 radical (unpaired) electrons. The largest absolute Gasteiger partial charge is 0.496 e. The Labute approximate surface area is 167 Å². The molecule has 0 aromatic heterocycles. The molecule has 0 spiro atoms. The maximum atomic E-state index is 12.6. The second-order valence-electron chi connectivity index (χ2n) is 6.26. The molecule has 3 aromatic carbocycles. The van der Waals surface area contributed by atoms with Gasteiger partial charge < -0.3 is 14.2 Å². The van der Waals surface area contributed by atoms with Crippen molar-refractivity contribution in [2.24, 2.45) is 0 Å². The van der Waals surface area contributed by atoms with Crippen LogP contribution in [-0.4, -0.2) is 12.9 Å². The number of fused-ring (bicyclic) bond motifs is 1. The molecule has 1 aliphatic rings. The Morgan fingerprint density at radius 1 is 1.04 bits per heavy atom. The van der Waals surface area contributed by atoms with Crippen LogP contribution in [-0.2, 0) is 6.61 Å². The topological polar surface area (TPSA) is 44.8 Å². The lowest BCUT2D eigenvalue weighted by Gasteiger charge is -2.07. The first-order valence-corrected chi connectivity index (χ1v) is 9.10. The second kappa shape index (κ2) is 7.79. The highest BCUT2D eigenvalue weighted by atomic mass is 35.5. The van der Waals surface area contributed by atoms with E-state index in [9.17, 15) is 4.79 Å². The molecule has 1 aliphatic heterocycles. The van der Waals surface area contributed by atoms with Gasteiger partial charge in [0.2, 0.25) is 5.78 Å². The molecule has 0 atom stereocenters. The normalized spacial score (nSPS) is 13.9. The average Bonchev–Trinajstić information content (AvgIpc) is 3.02. The van der Waals surface area contributed by atoms with Crippen molar-refractivity contribution in [3.05, 3.63) is 94.2 Å². The molecule has 0 saturated heterocycles. The van der Waals surface area contributed by atoms with Crippen LogP contribution < -0.4 is 14.2 Å². The molecular formula is C23H17ClO4. The Balaban J connectivity index is 1.53. The predicted molar refractivity (Wildman–Crippen MR) is 108 cm³/mol. The molecule has 0 bridgehead atoms. The van der Waals surface area contributed by atoms with Crippen molar-refractivity contribution in [1.82, 2.24) is 0 Å². The first-order valence-electron chi connectivity index (χ1n) is 8.72. The molecule has 5 heteroatoms. The number of ether oxygens (including phenoxy) is 3. The third-order valence-electron chi connectivity index (χ3n) is 4.36. The van der Waals surface area contributed by atoms with E-state index in [1.165, 1.54) is 0 Å². The standard InChI is InChI=1S/C23H17ClO4/c1-26-20-8-3-2-6-16(20)12-22-23(25)19-10-9-18(13-21(19)28-22)27-14-15-5-4-7-17(24)11-15/h2-13H,14H2,1H3/b22-12-. The number of Topliss-reactive ketones (excluding diaryl/α,β-unsaturated/α-hetero) is 1. The van der Waals surface area contributed by atoms with E-state index in [1.807, 2.05) is 48.5 Å². The van der Waals surface area contributed by atoms with Gasteiger partial charge in [0.05, 0.1) is 12.7 Å². The third-order valence-corrected chi connectivity index (χ3v) is 4.60. The van der Waals surface area contributed by atoms with Crippen LogP contribution in [0.5, 0.6) is 17.2 Å². The SMILES string of the molecule is COc1ccccc1/C=C1\Oc2cc(OCc3cccc(Cl)c3)ccc2C1=O. The molecule has 0 unspecified atom stereocenters. The molecule has 0 saturated carbocycles. The summed E-state index contributed by atoms with van der Waals surface area (Å²) >= 11 is 6.00. The Kier molecular flexibility index (Phi) is 5.04. The molecule has 4 rings (SSSR count). The van der Waals surface area contributed by atoms with Crippen molar-refractivity contribution in [2.45, 2.75) is 6.61 Å². The van der Waals surface area contributed by atoms with Crippen LogP contribution >= 0.6 is 11.6 Å².